The molecule has 0 unspecified atom stereocenters. The van der Waals surface area contributed by atoms with Gasteiger partial charge in [-0.2, -0.15) is 0 Å². The fraction of sp³-hybridized carbons (Fsp3) is 0.308. The molecule has 0 N–H and O–H groups in total. The van der Waals surface area contributed by atoms with Gasteiger partial charge < -0.3 is 9.47 Å². The van der Waals surface area contributed by atoms with Crippen LogP contribution in [0.5, 0.6) is 5.75 Å². The standard InChI is InChI=1S/C11H9ClO3.C2H6/c1-7(13)15-8-5-9-10(12)3-2-4-11(9)14-6-8;1-2/h2-5H,6H2,1H3;1-2H3. The molecule has 0 saturated heterocycles. The van der Waals surface area contributed by atoms with Crippen LogP contribution in [0, 0.1) is 0 Å². The Labute approximate surface area is 106 Å². The average molecular weight is 255 g/mol. The van der Waals surface area contributed by atoms with Gasteiger partial charge in [-0.15, -0.1) is 0 Å². The van der Waals surface area contributed by atoms with E-state index in [0.717, 1.165) is 5.56 Å². The second-order valence-electron chi connectivity index (χ2n) is 3.14. The van der Waals surface area contributed by atoms with Crippen molar-refractivity contribution in [3.63, 3.8) is 0 Å². The Morgan fingerprint density at radius 2 is 2.12 bits per heavy atom. The first-order valence-corrected chi connectivity index (χ1v) is 5.85. The zero-order valence-corrected chi connectivity index (χ0v) is 10.9. The molecule has 0 amide bonds. The second-order valence-corrected chi connectivity index (χ2v) is 3.55. The van der Waals surface area contributed by atoms with Gasteiger partial charge in [-0.25, -0.2) is 0 Å². The van der Waals surface area contributed by atoms with Crippen molar-refractivity contribution in [2.24, 2.45) is 0 Å². The lowest BCUT2D eigenvalue weighted by Gasteiger charge is -2.17. The molecular weight excluding hydrogens is 240 g/mol. The SMILES string of the molecule is CC.CC(=O)OC1=Cc2c(Cl)cccc2OC1. The van der Waals surface area contributed by atoms with Gasteiger partial charge in [-0.05, 0) is 18.2 Å². The molecule has 0 atom stereocenters. The molecule has 2 rings (SSSR count). The maximum Gasteiger partial charge on any atom is 0.307 e. The third-order valence-electron chi connectivity index (χ3n) is 1.96. The summed E-state index contributed by atoms with van der Waals surface area (Å²) >= 11 is 5.98. The molecule has 0 spiro atoms. The lowest BCUT2D eigenvalue weighted by Crippen LogP contribution is -2.12. The molecule has 0 fully saturated rings. The number of fused-ring (bicyclic) bond motifs is 1. The van der Waals surface area contributed by atoms with Crippen LogP contribution in [0.1, 0.15) is 26.3 Å². The molecule has 0 bridgehead atoms. The van der Waals surface area contributed by atoms with Crippen molar-refractivity contribution in [1.82, 2.24) is 0 Å². The number of halogens is 1. The molecule has 92 valence electrons. The molecule has 4 heteroatoms. The molecule has 0 radical (unpaired) electrons. The Hall–Kier alpha value is -1.48. The van der Waals surface area contributed by atoms with Gasteiger partial charge in [0.1, 0.15) is 18.1 Å². The summed E-state index contributed by atoms with van der Waals surface area (Å²) in [6.07, 6.45) is 1.72. The molecule has 17 heavy (non-hydrogen) atoms. The Kier molecular flexibility index (Phi) is 5.04. The largest absolute Gasteiger partial charge is 0.485 e. The van der Waals surface area contributed by atoms with Crippen molar-refractivity contribution >= 4 is 23.6 Å². The fourth-order valence-electron chi connectivity index (χ4n) is 1.38. The van der Waals surface area contributed by atoms with E-state index in [9.17, 15) is 4.79 Å². The van der Waals surface area contributed by atoms with Crippen LogP contribution in [0.2, 0.25) is 5.02 Å². The summed E-state index contributed by atoms with van der Waals surface area (Å²) in [6, 6.07) is 5.39. The van der Waals surface area contributed by atoms with Gasteiger partial charge in [0.15, 0.2) is 0 Å². The average Bonchev–Trinajstić information content (AvgIpc) is 2.32. The Morgan fingerprint density at radius 3 is 2.76 bits per heavy atom. The predicted octanol–water partition coefficient (Wildman–Crippen LogP) is 3.66. The lowest BCUT2D eigenvalue weighted by atomic mass is 10.1. The monoisotopic (exact) mass is 254 g/mol. The van der Waals surface area contributed by atoms with Crippen molar-refractivity contribution in [1.29, 1.82) is 0 Å². The zero-order valence-electron chi connectivity index (χ0n) is 10.1. The highest BCUT2D eigenvalue weighted by molar-refractivity contribution is 6.32. The second kappa shape index (κ2) is 6.30. The maximum absolute atomic E-state index is 10.8. The molecule has 0 saturated carbocycles. The van der Waals surface area contributed by atoms with E-state index in [0.29, 0.717) is 16.5 Å². The van der Waals surface area contributed by atoms with Gasteiger partial charge in [-0.1, -0.05) is 31.5 Å². The minimum absolute atomic E-state index is 0.257. The number of benzene rings is 1. The lowest BCUT2D eigenvalue weighted by molar-refractivity contribution is -0.137. The van der Waals surface area contributed by atoms with Crippen LogP contribution in [-0.2, 0) is 9.53 Å². The van der Waals surface area contributed by atoms with Gasteiger partial charge in [0, 0.05) is 12.5 Å². The van der Waals surface area contributed by atoms with Crippen LogP contribution < -0.4 is 4.74 Å². The highest BCUT2D eigenvalue weighted by atomic mass is 35.5. The van der Waals surface area contributed by atoms with Crippen molar-refractivity contribution in [3.05, 3.63) is 34.5 Å². The summed E-state index contributed by atoms with van der Waals surface area (Å²) in [5.41, 5.74) is 0.752. The van der Waals surface area contributed by atoms with Crippen LogP contribution in [0.3, 0.4) is 0 Å². The van der Waals surface area contributed by atoms with Crippen molar-refractivity contribution in [3.8, 4) is 5.75 Å². The molecule has 1 heterocycles. The maximum atomic E-state index is 10.8. The number of hydrogen-bond donors (Lipinski definition) is 0. The van der Waals surface area contributed by atoms with Gasteiger partial charge in [0.2, 0.25) is 0 Å². The highest BCUT2D eigenvalue weighted by Crippen LogP contribution is 2.32. The highest BCUT2D eigenvalue weighted by Gasteiger charge is 2.15. The molecular formula is C13H15ClO3. The molecule has 0 aromatic heterocycles. The number of hydrogen-bond acceptors (Lipinski definition) is 3. The summed E-state index contributed by atoms with van der Waals surface area (Å²) in [7, 11) is 0. The van der Waals surface area contributed by atoms with Crippen LogP contribution in [0.25, 0.3) is 6.08 Å². The van der Waals surface area contributed by atoms with E-state index >= 15 is 0 Å². The number of ether oxygens (including phenoxy) is 2. The topological polar surface area (TPSA) is 35.5 Å². The van der Waals surface area contributed by atoms with Crippen LogP contribution in [0.15, 0.2) is 24.0 Å². The van der Waals surface area contributed by atoms with Gasteiger partial charge in [0.05, 0.1) is 5.02 Å². The van der Waals surface area contributed by atoms with E-state index in [1.165, 1.54) is 6.92 Å². The number of carbonyl (C=O) groups excluding carboxylic acids is 1. The number of carbonyl (C=O) groups is 1. The third kappa shape index (κ3) is 3.49. The van der Waals surface area contributed by atoms with E-state index < -0.39 is 0 Å². The molecule has 3 nitrogen and oxygen atoms in total. The van der Waals surface area contributed by atoms with Gasteiger partial charge in [0.25, 0.3) is 0 Å². The molecule has 1 aromatic rings. The van der Waals surface area contributed by atoms with Gasteiger partial charge >= 0.3 is 5.97 Å². The van der Waals surface area contributed by atoms with Crippen molar-refractivity contribution in [2.75, 3.05) is 6.61 Å². The van der Waals surface area contributed by atoms with Crippen LogP contribution in [-0.4, -0.2) is 12.6 Å². The quantitative estimate of drug-likeness (QED) is 0.718. The van der Waals surface area contributed by atoms with Crippen molar-refractivity contribution in [2.45, 2.75) is 20.8 Å². The normalized spacial score (nSPS) is 12.4. The summed E-state index contributed by atoms with van der Waals surface area (Å²) < 4.78 is 10.3. The molecule has 1 aliphatic heterocycles. The van der Waals surface area contributed by atoms with E-state index in [-0.39, 0.29) is 12.6 Å². The predicted molar refractivity (Wildman–Crippen MR) is 68.0 cm³/mol. The van der Waals surface area contributed by atoms with Gasteiger partial charge in [-0.3, -0.25) is 4.79 Å². The van der Waals surface area contributed by atoms with Crippen molar-refractivity contribution < 1.29 is 14.3 Å². The number of rotatable bonds is 1. The molecule has 0 aliphatic carbocycles. The summed E-state index contributed by atoms with van der Waals surface area (Å²) in [4.78, 5) is 10.8. The minimum atomic E-state index is -0.361. The first-order chi connectivity index (χ1) is 8.16. The smallest absolute Gasteiger partial charge is 0.307 e. The first-order valence-electron chi connectivity index (χ1n) is 5.47. The minimum Gasteiger partial charge on any atom is -0.485 e. The van der Waals surface area contributed by atoms with E-state index in [1.54, 1.807) is 12.1 Å². The molecule has 1 aliphatic rings. The Morgan fingerprint density at radius 1 is 1.41 bits per heavy atom. The first kappa shape index (κ1) is 13.6. The summed E-state index contributed by atoms with van der Waals surface area (Å²) in [5.74, 6) is 0.821. The Bertz CT molecular complexity index is 438. The fourth-order valence-corrected chi connectivity index (χ4v) is 1.60. The summed E-state index contributed by atoms with van der Waals surface area (Å²) in [5, 5.41) is 0.580. The van der Waals surface area contributed by atoms with E-state index in [2.05, 4.69) is 0 Å². The summed E-state index contributed by atoms with van der Waals surface area (Å²) in [6.45, 7) is 5.61. The number of esters is 1. The zero-order chi connectivity index (χ0) is 12.8. The Balaban J connectivity index is 0.000000686. The third-order valence-corrected chi connectivity index (χ3v) is 2.29. The molecule has 1 aromatic carbocycles. The van der Waals surface area contributed by atoms with Crippen LogP contribution >= 0.6 is 11.6 Å². The van der Waals surface area contributed by atoms with Crippen LogP contribution in [0.4, 0.5) is 0 Å². The van der Waals surface area contributed by atoms with E-state index in [1.807, 2.05) is 26.0 Å². The van der Waals surface area contributed by atoms with E-state index in [4.69, 9.17) is 21.1 Å².